The first-order valence-corrected chi connectivity index (χ1v) is 4.81. The van der Waals surface area contributed by atoms with Gasteiger partial charge >= 0.3 is 5.97 Å². The van der Waals surface area contributed by atoms with Crippen molar-refractivity contribution in [3.63, 3.8) is 0 Å². The molecule has 0 radical (unpaired) electrons. The lowest BCUT2D eigenvalue weighted by Gasteiger charge is -2.15. The number of hydrogen-bond acceptors (Lipinski definition) is 2. The minimum Gasteiger partial charge on any atom is -0.481 e. The van der Waals surface area contributed by atoms with Crippen LogP contribution >= 0.6 is 0 Å². The van der Waals surface area contributed by atoms with Crippen LogP contribution in [0.15, 0.2) is 24.3 Å². The largest absolute Gasteiger partial charge is 0.481 e. The number of carbonyl (C=O) groups is 2. The topological polar surface area (TPSA) is 54.4 Å². The lowest BCUT2D eigenvalue weighted by Crippen LogP contribution is -2.21. The van der Waals surface area contributed by atoms with E-state index in [1.54, 1.807) is 6.92 Å². The Morgan fingerprint density at radius 2 is 1.87 bits per heavy atom. The summed E-state index contributed by atoms with van der Waals surface area (Å²) in [5, 5.41) is 8.83. The number of carboxylic acids is 1. The Morgan fingerprint density at radius 3 is 2.27 bits per heavy atom. The summed E-state index contributed by atoms with van der Waals surface area (Å²) in [4.78, 5) is 21.4. The zero-order chi connectivity index (χ0) is 11.4. The first-order chi connectivity index (χ1) is 7.06. The Hall–Kier alpha value is -1.64. The smallest absolute Gasteiger partial charge is 0.314 e. The second-order valence-corrected chi connectivity index (χ2v) is 3.70. The number of aryl methyl sites for hydroxylation is 1. The highest BCUT2D eigenvalue weighted by Crippen LogP contribution is 2.23. The summed E-state index contributed by atoms with van der Waals surface area (Å²) in [7, 11) is 0. The maximum atomic E-state index is 10.8. The van der Waals surface area contributed by atoms with Crippen LogP contribution in [-0.2, 0) is 9.59 Å². The van der Waals surface area contributed by atoms with Gasteiger partial charge in [-0.2, -0.15) is 0 Å². The average Bonchev–Trinajstić information content (AvgIpc) is 2.19. The molecule has 3 nitrogen and oxygen atoms in total. The molecule has 0 heterocycles. The Bertz CT molecular complexity index is 354. The fraction of sp³-hybridized carbons (Fsp3) is 0.333. The fourth-order valence-corrected chi connectivity index (χ4v) is 1.47. The normalized spacial score (nSPS) is 14.3. The molecule has 0 aromatic heterocycles. The van der Waals surface area contributed by atoms with Crippen LogP contribution in [0, 0.1) is 12.8 Å². The molecule has 80 valence electrons. The third-order valence-electron chi connectivity index (χ3n) is 2.57. The molecular weight excluding hydrogens is 192 g/mol. The average molecular weight is 206 g/mol. The minimum atomic E-state index is -1.07. The van der Waals surface area contributed by atoms with E-state index in [1.165, 1.54) is 0 Å². The van der Waals surface area contributed by atoms with E-state index in [9.17, 15) is 9.59 Å². The van der Waals surface area contributed by atoms with Crippen LogP contribution in [0.3, 0.4) is 0 Å². The highest BCUT2D eigenvalue weighted by Gasteiger charge is 2.24. The van der Waals surface area contributed by atoms with Crippen molar-refractivity contribution in [1.82, 2.24) is 0 Å². The molecule has 1 aromatic rings. The maximum absolute atomic E-state index is 10.8. The van der Waals surface area contributed by atoms with E-state index in [0.717, 1.165) is 11.1 Å². The molecule has 0 bridgehead atoms. The molecule has 2 atom stereocenters. The van der Waals surface area contributed by atoms with Gasteiger partial charge in [0.15, 0.2) is 0 Å². The Labute approximate surface area is 88.7 Å². The van der Waals surface area contributed by atoms with Crippen LogP contribution < -0.4 is 0 Å². The van der Waals surface area contributed by atoms with E-state index in [-0.39, 0.29) is 5.92 Å². The molecule has 0 amide bonds. The number of rotatable bonds is 4. The van der Waals surface area contributed by atoms with Gasteiger partial charge in [0.2, 0.25) is 0 Å². The molecule has 0 aliphatic heterocycles. The van der Waals surface area contributed by atoms with Crippen LogP contribution in [0.2, 0.25) is 0 Å². The molecule has 0 saturated carbocycles. The summed E-state index contributed by atoms with van der Waals surface area (Å²) in [6, 6.07) is 7.55. The van der Waals surface area contributed by atoms with Gasteiger partial charge in [0.1, 0.15) is 12.2 Å². The first-order valence-electron chi connectivity index (χ1n) is 4.81. The summed E-state index contributed by atoms with van der Waals surface area (Å²) < 4.78 is 0. The van der Waals surface area contributed by atoms with Crippen LogP contribution in [0.25, 0.3) is 0 Å². The van der Waals surface area contributed by atoms with Gasteiger partial charge in [-0.15, -0.1) is 0 Å². The van der Waals surface area contributed by atoms with Crippen LogP contribution in [0.5, 0.6) is 0 Å². The highest BCUT2D eigenvalue weighted by molar-refractivity contribution is 5.87. The minimum absolute atomic E-state index is 0.291. The molecule has 0 saturated heterocycles. The van der Waals surface area contributed by atoms with Gasteiger partial charge in [0, 0.05) is 5.92 Å². The van der Waals surface area contributed by atoms with Gasteiger partial charge in [0.25, 0.3) is 0 Å². The molecule has 0 spiro atoms. The van der Waals surface area contributed by atoms with Gasteiger partial charge in [-0.3, -0.25) is 4.79 Å². The van der Waals surface area contributed by atoms with Crippen molar-refractivity contribution in [3.8, 4) is 0 Å². The second kappa shape index (κ2) is 4.73. The predicted octanol–water partition coefficient (Wildman–Crippen LogP) is 2.00. The van der Waals surface area contributed by atoms with Gasteiger partial charge in [0.05, 0.1) is 0 Å². The zero-order valence-corrected chi connectivity index (χ0v) is 8.81. The summed E-state index contributed by atoms with van der Waals surface area (Å²) in [5.74, 6) is -2.33. The summed E-state index contributed by atoms with van der Waals surface area (Å²) >= 11 is 0. The van der Waals surface area contributed by atoms with Crippen molar-refractivity contribution in [2.75, 3.05) is 0 Å². The van der Waals surface area contributed by atoms with Crippen LogP contribution in [-0.4, -0.2) is 17.4 Å². The third-order valence-corrected chi connectivity index (χ3v) is 2.57. The zero-order valence-electron chi connectivity index (χ0n) is 8.81. The van der Waals surface area contributed by atoms with Crippen molar-refractivity contribution in [2.45, 2.75) is 19.8 Å². The number of aliphatic carboxylic acids is 1. The van der Waals surface area contributed by atoms with Gasteiger partial charge in [-0.25, -0.2) is 0 Å². The molecule has 0 aliphatic rings. The predicted molar refractivity (Wildman–Crippen MR) is 56.8 cm³/mol. The SMILES string of the molecule is Cc1ccc(C(C)C(C=O)C(=O)O)cc1. The van der Waals surface area contributed by atoms with Gasteiger partial charge in [-0.05, 0) is 12.5 Å². The number of carboxylic acid groups (broad SMARTS) is 1. The maximum Gasteiger partial charge on any atom is 0.314 e. The van der Waals surface area contributed by atoms with Crippen molar-refractivity contribution in [1.29, 1.82) is 0 Å². The van der Waals surface area contributed by atoms with Crippen LogP contribution in [0.1, 0.15) is 24.0 Å². The van der Waals surface area contributed by atoms with Crippen molar-refractivity contribution >= 4 is 12.3 Å². The quantitative estimate of drug-likeness (QED) is 0.605. The second-order valence-electron chi connectivity index (χ2n) is 3.70. The monoisotopic (exact) mass is 206 g/mol. The molecule has 1 aromatic carbocycles. The summed E-state index contributed by atoms with van der Waals surface area (Å²) in [6.07, 6.45) is 0.493. The Morgan fingerprint density at radius 1 is 1.33 bits per heavy atom. The molecule has 0 aliphatic carbocycles. The number of benzene rings is 1. The molecule has 0 fully saturated rings. The Kier molecular flexibility index (Phi) is 3.61. The number of carbonyl (C=O) groups excluding carboxylic acids is 1. The molecular formula is C12H14O3. The summed E-state index contributed by atoms with van der Waals surface area (Å²) in [6.45, 7) is 3.71. The number of hydrogen-bond donors (Lipinski definition) is 1. The van der Waals surface area contributed by atoms with Crippen molar-refractivity contribution < 1.29 is 14.7 Å². The van der Waals surface area contributed by atoms with E-state index in [0.29, 0.717) is 6.29 Å². The van der Waals surface area contributed by atoms with E-state index >= 15 is 0 Å². The van der Waals surface area contributed by atoms with Crippen LogP contribution in [0.4, 0.5) is 0 Å². The number of aldehydes is 1. The first kappa shape index (κ1) is 11.4. The van der Waals surface area contributed by atoms with E-state index in [2.05, 4.69) is 0 Å². The van der Waals surface area contributed by atoms with Crippen molar-refractivity contribution in [2.24, 2.45) is 5.92 Å². The van der Waals surface area contributed by atoms with Crippen molar-refractivity contribution in [3.05, 3.63) is 35.4 Å². The third kappa shape index (κ3) is 2.65. The highest BCUT2D eigenvalue weighted by atomic mass is 16.4. The molecule has 3 heteroatoms. The summed E-state index contributed by atoms with van der Waals surface area (Å²) in [5.41, 5.74) is 1.99. The van der Waals surface area contributed by atoms with E-state index in [1.807, 2.05) is 31.2 Å². The molecule has 1 rings (SSSR count). The Balaban J connectivity index is 2.92. The van der Waals surface area contributed by atoms with Gasteiger partial charge in [-0.1, -0.05) is 36.8 Å². The molecule has 15 heavy (non-hydrogen) atoms. The van der Waals surface area contributed by atoms with E-state index in [4.69, 9.17) is 5.11 Å². The standard InChI is InChI=1S/C12H14O3/c1-8-3-5-10(6-4-8)9(2)11(7-13)12(14)15/h3-7,9,11H,1-2H3,(H,14,15). The molecule has 2 unspecified atom stereocenters. The lowest BCUT2D eigenvalue weighted by molar-refractivity contribution is -0.144. The van der Waals surface area contributed by atoms with Gasteiger partial charge < -0.3 is 9.90 Å². The fourth-order valence-electron chi connectivity index (χ4n) is 1.47. The lowest BCUT2D eigenvalue weighted by atomic mass is 9.88. The molecule has 1 N–H and O–H groups in total. The van der Waals surface area contributed by atoms with E-state index < -0.39 is 11.9 Å².